The van der Waals surface area contributed by atoms with Crippen LogP contribution in [-0.2, 0) is 4.79 Å². The van der Waals surface area contributed by atoms with E-state index in [4.69, 9.17) is 0 Å². The number of nitrogens with one attached hydrogen (secondary N) is 2. The fraction of sp³-hybridized carbons (Fsp3) is 0.933. The van der Waals surface area contributed by atoms with Gasteiger partial charge in [0.15, 0.2) is 0 Å². The van der Waals surface area contributed by atoms with E-state index in [2.05, 4.69) is 22.5 Å². The summed E-state index contributed by atoms with van der Waals surface area (Å²) in [4.78, 5) is 14.7. The van der Waals surface area contributed by atoms with E-state index >= 15 is 0 Å². The lowest BCUT2D eigenvalue weighted by Gasteiger charge is -2.33. The van der Waals surface area contributed by atoms with E-state index in [9.17, 15) is 4.79 Å². The lowest BCUT2D eigenvalue weighted by Crippen LogP contribution is -2.51. The van der Waals surface area contributed by atoms with Crippen LogP contribution in [0.3, 0.4) is 0 Å². The molecule has 0 aromatic heterocycles. The van der Waals surface area contributed by atoms with Crippen LogP contribution in [0.4, 0.5) is 0 Å². The number of carbonyl (C=O) groups is 1. The largest absolute Gasteiger partial charge is 0.354 e. The van der Waals surface area contributed by atoms with E-state index in [0.717, 1.165) is 44.9 Å². The minimum atomic E-state index is -0.321. The van der Waals surface area contributed by atoms with Crippen molar-refractivity contribution in [3.05, 3.63) is 0 Å². The van der Waals surface area contributed by atoms with Gasteiger partial charge in [0.2, 0.25) is 5.91 Å². The van der Waals surface area contributed by atoms with E-state index < -0.39 is 0 Å². The molecule has 19 heavy (non-hydrogen) atoms. The second kappa shape index (κ2) is 6.71. The van der Waals surface area contributed by atoms with Crippen LogP contribution < -0.4 is 10.6 Å². The monoisotopic (exact) mass is 267 g/mol. The number of carbonyl (C=O) groups excluding carboxylic acids is 1. The number of nitrogens with zero attached hydrogens (tertiary/aromatic N) is 1. The highest BCUT2D eigenvalue weighted by Gasteiger charge is 2.35. The molecule has 2 unspecified atom stereocenters. The van der Waals surface area contributed by atoms with Crippen molar-refractivity contribution in [3.8, 4) is 0 Å². The molecule has 110 valence electrons. The Balaban J connectivity index is 1.62. The molecule has 1 amide bonds. The standard InChI is InChI=1S/C15H29N3O/c1-13-7-3-4-11-18(13)12-6-9-16-14(19)15(2)8-5-10-17-15/h13,17H,3-12H2,1-2H3,(H,16,19). The fourth-order valence-corrected chi connectivity index (χ4v) is 3.26. The van der Waals surface area contributed by atoms with Crippen molar-refractivity contribution in [1.82, 2.24) is 15.5 Å². The summed E-state index contributed by atoms with van der Waals surface area (Å²) < 4.78 is 0. The average molecular weight is 267 g/mol. The van der Waals surface area contributed by atoms with Gasteiger partial charge in [-0.15, -0.1) is 0 Å². The Kier molecular flexibility index (Phi) is 5.22. The van der Waals surface area contributed by atoms with Crippen LogP contribution in [0.25, 0.3) is 0 Å². The van der Waals surface area contributed by atoms with Gasteiger partial charge in [-0.25, -0.2) is 0 Å². The predicted octanol–water partition coefficient (Wildman–Crippen LogP) is 1.51. The van der Waals surface area contributed by atoms with Crippen molar-refractivity contribution in [3.63, 3.8) is 0 Å². The molecule has 0 aromatic carbocycles. The van der Waals surface area contributed by atoms with E-state index in [-0.39, 0.29) is 11.4 Å². The Bertz CT molecular complexity index is 300. The Morgan fingerprint density at radius 1 is 1.42 bits per heavy atom. The summed E-state index contributed by atoms with van der Waals surface area (Å²) in [6, 6.07) is 0.721. The molecule has 2 aliphatic rings. The molecule has 0 spiro atoms. The number of hydrogen-bond acceptors (Lipinski definition) is 3. The first kappa shape index (κ1) is 14.8. The van der Waals surface area contributed by atoms with Crippen LogP contribution in [0, 0.1) is 0 Å². The lowest BCUT2D eigenvalue weighted by molar-refractivity contribution is -0.126. The summed E-state index contributed by atoms with van der Waals surface area (Å²) in [5.41, 5.74) is -0.321. The third kappa shape index (κ3) is 3.93. The molecule has 2 atom stereocenters. The number of amides is 1. The topological polar surface area (TPSA) is 44.4 Å². The number of likely N-dealkylation sites (tertiary alicyclic amines) is 1. The number of piperidine rings is 1. The van der Waals surface area contributed by atoms with Gasteiger partial charge < -0.3 is 15.5 Å². The van der Waals surface area contributed by atoms with E-state index in [1.54, 1.807) is 0 Å². The quantitative estimate of drug-likeness (QED) is 0.742. The first-order chi connectivity index (χ1) is 9.12. The van der Waals surface area contributed by atoms with E-state index in [0.29, 0.717) is 0 Å². The molecule has 0 saturated carbocycles. The van der Waals surface area contributed by atoms with E-state index in [1.165, 1.54) is 25.8 Å². The Morgan fingerprint density at radius 2 is 2.26 bits per heavy atom. The van der Waals surface area contributed by atoms with Gasteiger partial charge in [0.05, 0.1) is 5.54 Å². The second-order valence-corrected chi connectivity index (χ2v) is 6.35. The van der Waals surface area contributed by atoms with Crippen molar-refractivity contribution in [1.29, 1.82) is 0 Å². The molecule has 2 heterocycles. The van der Waals surface area contributed by atoms with Gasteiger partial charge in [-0.05, 0) is 59.0 Å². The average Bonchev–Trinajstić information content (AvgIpc) is 2.84. The molecule has 2 aliphatic heterocycles. The molecule has 0 bridgehead atoms. The molecule has 2 N–H and O–H groups in total. The molecule has 2 fully saturated rings. The second-order valence-electron chi connectivity index (χ2n) is 6.35. The number of hydrogen-bond donors (Lipinski definition) is 2. The van der Waals surface area contributed by atoms with Crippen molar-refractivity contribution < 1.29 is 4.79 Å². The van der Waals surface area contributed by atoms with Gasteiger partial charge in [-0.1, -0.05) is 6.42 Å². The third-order valence-corrected chi connectivity index (χ3v) is 4.72. The SMILES string of the molecule is CC1CCCCN1CCCNC(=O)C1(C)CCCN1. The molecule has 0 radical (unpaired) electrons. The van der Waals surface area contributed by atoms with Crippen molar-refractivity contribution in [2.75, 3.05) is 26.2 Å². The van der Waals surface area contributed by atoms with Gasteiger partial charge in [0.1, 0.15) is 0 Å². The zero-order valence-corrected chi connectivity index (χ0v) is 12.5. The number of rotatable bonds is 5. The van der Waals surface area contributed by atoms with Crippen LogP contribution >= 0.6 is 0 Å². The van der Waals surface area contributed by atoms with Gasteiger partial charge in [-0.3, -0.25) is 4.79 Å². The third-order valence-electron chi connectivity index (χ3n) is 4.72. The molecule has 2 rings (SSSR count). The fourth-order valence-electron chi connectivity index (χ4n) is 3.26. The summed E-state index contributed by atoms with van der Waals surface area (Å²) in [6.45, 7) is 8.46. The van der Waals surface area contributed by atoms with Crippen LogP contribution in [-0.4, -0.2) is 48.6 Å². The zero-order valence-electron chi connectivity index (χ0n) is 12.5. The van der Waals surface area contributed by atoms with Crippen LogP contribution in [0.5, 0.6) is 0 Å². The van der Waals surface area contributed by atoms with Crippen LogP contribution in [0.15, 0.2) is 0 Å². The minimum absolute atomic E-state index is 0.177. The van der Waals surface area contributed by atoms with Crippen molar-refractivity contribution in [2.24, 2.45) is 0 Å². The maximum atomic E-state index is 12.1. The molecule has 4 nitrogen and oxygen atoms in total. The molecule has 0 aromatic rings. The van der Waals surface area contributed by atoms with Crippen molar-refractivity contribution in [2.45, 2.75) is 64.0 Å². The van der Waals surface area contributed by atoms with Gasteiger partial charge in [-0.2, -0.15) is 0 Å². The highest BCUT2D eigenvalue weighted by atomic mass is 16.2. The van der Waals surface area contributed by atoms with Crippen LogP contribution in [0.2, 0.25) is 0 Å². The molecule has 0 aliphatic carbocycles. The predicted molar refractivity (Wildman–Crippen MR) is 78.2 cm³/mol. The lowest BCUT2D eigenvalue weighted by atomic mass is 9.99. The highest BCUT2D eigenvalue weighted by molar-refractivity contribution is 5.86. The Hall–Kier alpha value is -0.610. The van der Waals surface area contributed by atoms with Crippen LogP contribution in [0.1, 0.15) is 52.4 Å². The molecular formula is C15H29N3O. The maximum Gasteiger partial charge on any atom is 0.240 e. The minimum Gasteiger partial charge on any atom is -0.354 e. The summed E-state index contributed by atoms with van der Waals surface area (Å²) >= 11 is 0. The summed E-state index contributed by atoms with van der Waals surface area (Å²) in [6.07, 6.45) is 7.16. The molecular weight excluding hydrogens is 238 g/mol. The highest BCUT2D eigenvalue weighted by Crippen LogP contribution is 2.18. The molecule has 2 saturated heterocycles. The molecule has 4 heteroatoms. The Morgan fingerprint density at radius 3 is 2.95 bits per heavy atom. The van der Waals surface area contributed by atoms with Gasteiger partial charge in [0, 0.05) is 19.1 Å². The first-order valence-corrected chi connectivity index (χ1v) is 7.89. The van der Waals surface area contributed by atoms with Gasteiger partial charge >= 0.3 is 0 Å². The normalized spacial score (nSPS) is 32.4. The summed E-state index contributed by atoms with van der Waals surface area (Å²) in [7, 11) is 0. The van der Waals surface area contributed by atoms with Crippen molar-refractivity contribution >= 4 is 5.91 Å². The van der Waals surface area contributed by atoms with E-state index in [1.807, 2.05) is 6.92 Å². The zero-order chi connectivity index (χ0) is 13.7. The van der Waals surface area contributed by atoms with Gasteiger partial charge in [0.25, 0.3) is 0 Å². The Labute approximate surface area is 117 Å². The summed E-state index contributed by atoms with van der Waals surface area (Å²) in [5, 5.41) is 6.40. The maximum absolute atomic E-state index is 12.1. The first-order valence-electron chi connectivity index (χ1n) is 7.89. The summed E-state index contributed by atoms with van der Waals surface area (Å²) in [5.74, 6) is 0.177. The smallest absolute Gasteiger partial charge is 0.240 e.